The molecule has 126 valence electrons. The number of hydrogen-bond acceptors (Lipinski definition) is 8. The summed E-state index contributed by atoms with van der Waals surface area (Å²) in [5, 5.41) is 10.2. The summed E-state index contributed by atoms with van der Waals surface area (Å²) < 4.78 is 15.1. The molecule has 3 rings (SSSR count). The Kier molecular flexibility index (Phi) is 4.37. The molecule has 1 heterocycles. The molecule has 2 aromatic rings. The van der Waals surface area contributed by atoms with E-state index < -0.39 is 0 Å². The quantitative estimate of drug-likeness (QED) is 0.857. The number of nitrogens with zero attached hydrogens (tertiary/aromatic N) is 2. The van der Waals surface area contributed by atoms with E-state index in [4.69, 9.17) is 15.2 Å². The minimum absolute atomic E-state index is 0.0193. The van der Waals surface area contributed by atoms with E-state index in [0.717, 1.165) is 5.56 Å². The van der Waals surface area contributed by atoms with Gasteiger partial charge in [-0.05, 0) is 40.3 Å². The average Bonchev–Trinajstić information content (AvgIpc) is 2.98. The largest absolute Gasteiger partial charge is 0.493 e. The van der Waals surface area contributed by atoms with E-state index in [0.29, 0.717) is 35.9 Å². The lowest BCUT2D eigenvalue weighted by molar-refractivity contribution is -0.115. The zero-order chi connectivity index (χ0) is 17.1. The molecule has 1 aliphatic rings. The smallest absolute Gasteiger partial charge is 0.219 e. The molecule has 1 aromatic carbocycles. The second-order valence-corrected chi connectivity index (χ2v) is 5.48. The van der Waals surface area contributed by atoms with Gasteiger partial charge < -0.3 is 20.5 Å². The highest BCUT2D eigenvalue weighted by Crippen LogP contribution is 2.36. The Morgan fingerprint density at radius 1 is 1.21 bits per heavy atom. The van der Waals surface area contributed by atoms with Gasteiger partial charge in [-0.25, -0.2) is 4.63 Å². The van der Waals surface area contributed by atoms with Crippen molar-refractivity contribution in [1.29, 1.82) is 0 Å². The summed E-state index contributed by atoms with van der Waals surface area (Å²) in [6.07, 6.45) is 2.62. The summed E-state index contributed by atoms with van der Waals surface area (Å²) in [4.78, 5) is 12.1. The number of hydrogen-bond donors (Lipinski definition) is 2. The number of nitrogens with two attached hydrogens (primary N) is 1. The van der Waals surface area contributed by atoms with Crippen molar-refractivity contribution in [3.63, 3.8) is 0 Å². The fourth-order valence-corrected chi connectivity index (χ4v) is 2.76. The van der Waals surface area contributed by atoms with Gasteiger partial charge in [0.25, 0.3) is 0 Å². The normalized spacial score (nSPS) is 17.3. The summed E-state index contributed by atoms with van der Waals surface area (Å²) in [6.45, 7) is 0. The SMILES string of the molecule is COc1ccc([C@@H]2CC(=O)C=C(Nc3nonc3N)C2)cc1OC. The molecule has 0 saturated heterocycles. The molecule has 0 radical (unpaired) electrons. The summed E-state index contributed by atoms with van der Waals surface area (Å²) in [7, 11) is 3.17. The van der Waals surface area contributed by atoms with Gasteiger partial charge in [-0.15, -0.1) is 0 Å². The second kappa shape index (κ2) is 6.61. The van der Waals surface area contributed by atoms with Gasteiger partial charge in [0.15, 0.2) is 17.3 Å². The van der Waals surface area contributed by atoms with Gasteiger partial charge in [-0.1, -0.05) is 6.07 Å². The maximum absolute atomic E-state index is 12.1. The summed E-state index contributed by atoms with van der Waals surface area (Å²) in [5.74, 6) is 1.79. The molecule has 0 unspecified atom stereocenters. The third kappa shape index (κ3) is 3.17. The van der Waals surface area contributed by atoms with Crippen LogP contribution >= 0.6 is 0 Å². The van der Waals surface area contributed by atoms with Crippen LogP contribution in [0.1, 0.15) is 24.3 Å². The number of allylic oxidation sites excluding steroid dienone is 2. The standard InChI is InChI=1S/C16H18N4O4/c1-22-13-4-3-9(7-14(13)23-2)10-5-11(8-12(21)6-10)18-16-15(17)19-24-20-16/h3-4,7-8,10H,5-6H2,1-2H3,(H2,17,19)(H,18,20)/t10-/m0/s1. The van der Waals surface area contributed by atoms with Crippen molar-refractivity contribution in [2.75, 3.05) is 25.3 Å². The number of nitrogen functional groups attached to an aromatic ring is 1. The third-order valence-electron chi connectivity index (χ3n) is 3.92. The first-order chi connectivity index (χ1) is 11.6. The molecule has 24 heavy (non-hydrogen) atoms. The van der Waals surface area contributed by atoms with Crippen LogP contribution in [-0.2, 0) is 4.79 Å². The van der Waals surface area contributed by atoms with Crippen LogP contribution in [0.25, 0.3) is 0 Å². The Balaban J connectivity index is 1.82. The van der Waals surface area contributed by atoms with Crippen LogP contribution in [0.5, 0.6) is 11.5 Å². The van der Waals surface area contributed by atoms with Gasteiger partial charge in [0.05, 0.1) is 14.2 Å². The number of aromatic nitrogens is 2. The Morgan fingerprint density at radius 3 is 2.67 bits per heavy atom. The number of methoxy groups -OCH3 is 2. The van der Waals surface area contributed by atoms with Crippen molar-refractivity contribution in [2.24, 2.45) is 0 Å². The fourth-order valence-electron chi connectivity index (χ4n) is 2.76. The number of anilines is 2. The Bertz CT molecular complexity index is 784. The van der Waals surface area contributed by atoms with E-state index in [1.165, 1.54) is 0 Å². The average molecular weight is 330 g/mol. The molecule has 1 aliphatic carbocycles. The topological polar surface area (TPSA) is 112 Å². The van der Waals surface area contributed by atoms with E-state index in [2.05, 4.69) is 20.3 Å². The van der Waals surface area contributed by atoms with Crippen LogP contribution in [0.2, 0.25) is 0 Å². The van der Waals surface area contributed by atoms with Crippen molar-refractivity contribution in [2.45, 2.75) is 18.8 Å². The van der Waals surface area contributed by atoms with E-state index in [9.17, 15) is 4.79 Å². The molecular weight excluding hydrogens is 312 g/mol. The van der Waals surface area contributed by atoms with E-state index in [1.54, 1.807) is 20.3 Å². The Labute approximate surface area is 138 Å². The molecular formula is C16H18N4O4. The molecule has 0 saturated carbocycles. The second-order valence-electron chi connectivity index (χ2n) is 5.48. The molecule has 8 heteroatoms. The number of carbonyl (C=O) groups is 1. The van der Waals surface area contributed by atoms with E-state index in [1.807, 2.05) is 18.2 Å². The monoisotopic (exact) mass is 330 g/mol. The Hall–Kier alpha value is -3.03. The highest BCUT2D eigenvalue weighted by atomic mass is 16.6. The first-order valence-corrected chi connectivity index (χ1v) is 7.41. The maximum atomic E-state index is 12.1. The maximum Gasteiger partial charge on any atom is 0.219 e. The van der Waals surface area contributed by atoms with Crippen LogP contribution in [0.4, 0.5) is 11.6 Å². The highest BCUT2D eigenvalue weighted by molar-refractivity contribution is 5.92. The van der Waals surface area contributed by atoms with Crippen molar-refractivity contribution < 1.29 is 18.9 Å². The minimum Gasteiger partial charge on any atom is -0.493 e. The number of nitrogens with one attached hydrogen (secondary N) is 1. The first kappa shape index (κ1) is 15.9. The number of rotatable bonds is 5. The van der Waals surface area contributed by atoms with Gasteiger partial charge in [0.2, 0.25) is 11.6 Å². The van der Waals surface area contributed by atoms with Crippen molar-refractivity contribution in [1.82, 2.24) is 10.3 Å². The molecule has 0 fully saturated rings. The van der Waals surface area contributed by atoms with Gasteiger partial charge in [0.1, 0.15) is 0 Å². The van der Waals surface area contributed by atoms with Gasteiger partial charge in [0, 0.05) is 18.2 Å². The first-order valence-electron chi connectivity index (χ1n) is 7.41. The third-order valence-corrected chi connectivity index (χ3v) is 3.92. The van der Waals surface area contributed by atoms with E-state index in [-0.39, 0.29) is 17.5 Å². The highest BCUT2D eigenvalue weighted by Gasteiger charge is 2.24. The lowest BCUT2D eigenvalue weighted by atomic mass is 9.85. The molecule has 3 N–H and O–H groups in total. The molecule has 8 nitrogen and oxygen atoms in total. The lowest BCUT2D eigenvalue weighted by Crippen LogP contribution is -2.17. The zero-order valence-electron chi connectivity index (χ0n) is 13.4. The Morgan fingerprint density at radius 2 is 2.00 bits per heavy atom. The van der Waals surface area contributed by atoms with Crippen molar-refractivity contribution >= 4 is 17.4 Å². The van der Waals surface area contributed by atoms with Crippen LogP contribution < -0.4 is 20.5 Å². The molecule has 1 aromatic heterocycles. The van der Waals surface area contributed by atoms with Crippen molar-refractivity contribution in [3.05, 3.63) is 35.5 Å². The summed E-state index contributed by atoms with van der Waals surface area (Å²) in [5.41, 5.74) is 7.35. The van der Waals surface area contributed by atoms with Crippen LogP contribution in [0, 0.1) is 0 Å². The number of ether oxygens (including phenoxy) is 2. The molecule has 0 amide bonds. The van der Waals surface area contributed by atoms with Gasteiger partial charge in [-0.2, -0.15) is 0 Å². The molecule has 1 atom stereocenters. The lowest BCUT2D eigenvalue weighted by Gasteiger charge is -2.23. The molecule has 0 spiro atoms. The van der Waals surface area contributed by atoms with Crippen LogP contribution in [0.3, 0.4) is 0 Å². The fraction of sp³-hybridized carbons (Fsp3) is 0.312. The number of benzene rings is 1. The zero-order valence-corrected chi connectivity index (χ0v) is 13.4. The number of ketones is 1. The predicted octanol–water partition coefficient (Wildman–Crippen LogP) is 2.11. The predicted molar refractivity (Wildman–Crippen MR) is 86.9 cm³/mol. The molecule has 0 bridgehead atoms. The minimum atomic E-state index is 0.0193. The summed E-state index contributed by atoms with van der Waals surface area (Å²) in [6, 6.07) is 5.67. The molecule has 0 aliphatic heterocycles. The summed E-state index contributed by atoms with van der Waals surface area (Å²) >= 11 is 0. The van der Waals surface area contributed by atoms with Gasteiger partial charge in [-0.3, -0.25) is 4.79 Å². The van der Waals surface area contributed by atoms with Crippen LogP contribution in [0.15, 0.2) is 34.6 Å². The van der Waals surface area contributed by atoms with Gasteiger partial charge >= 0.3 is 0 Å². The van der Waals surface area contributed by atoms with E-state index >= 15 is 0 Å². The van der Waals surface area contributed by atoms with Crippen molar-refractivity contribution in [3.8, 4) is 11.5 Å². The van der Waals surface area contributed by atoms with Crippen LogP contribution in [-0.4, -0.2) is 30.3 Å². The number of carbonyl (C=O) groups excluding carboxylic acids is 1.